The van der Waals surface area contributed by atoms with E-state index in [2.05, 4.69) is 4.98 Å². The van der Waals surface area contributed by atoms with Gasteiger partial charge in [0, 0.05) is 28.5 Å². The van der Waals surface area contributed by atoms with E-state index < -0.39 is 0 Å². The van der Waals surface area contributed by atoms with Crippen molar-refractivity contribution in [1.82, 2.24) is 14.5 Å². The predicted octanol–water partition coefficient (Wildman–Crippen LogP) is 5.77. The molecule has 0 amide bonds. The van der Waals surface area contributed by atoms with E-state index in [4.69, 9.17) is 16.6 Å². The number of rotatable bonds is 3. The van der Waals surface area contributed by atoms with Crippen LogP contribution in [0.1, 0.15) is 0 Å². The lowest BCUT2D eigenvalue weighted by molar-refractivity contribution is 0.974. The highest BCUT2D eigenvalue weighted by atomic mass is 35.5. The van der Waals surface area contributed by atoms with E-state index in [1.165, 1.54) is 0 Å². The minimum absolute atomic E-state index is 0.136. The maximum atomic E-state index is 13.4. The fraction of sp³-hybridized carbons (Fsp3) is 0. The van der Waals surface area contributed by atoms with Gasteiger partial charge in [0.15, 0.2) is 0 Å². The minimum Gasteiger partial charge on any atom is -0.268 e. The summed E-state index contributed by atoms with van der Waals surface area (Å²) in [5, 5.41) is 1.17. The van der Waals surface area contributed by atoms with Gasteiger partial charge in [-0.1, -0.05) is 54.1 Å². The molecule has 0 saturated heterocycles. The Labute approximate surface area is 178 Å². The Hall–Kier alpha value is -3.76. The maximum Gasteiger partial charge on any atom is 0.266 e. The average molecular weight is 410 g/mol. The number of hydrogen-bond donors (Lipinski definition) is 0. The smallest absolute Gasteiger partial charge is 0.266 e. The minimum atomic E-state index is -0.136. The Kier molecular flexibility index (Phi) is 4.62. The summed E-state index contributed by atoms with van der Waals surface area (Å²) in [6, 6.07) is 26.5. The van der Waals surface area contributed by atoms with E-state index in [-0.39, 0.29) is 5.56 Å². The summed E-state index contributed by atoms with van der Waals surface area (Å²) in [5.74, 6) is 0.534. The summed E-state index contributed by atoms with van der Waals surface area (Å²) >= 11 is 6.07. The summed E-state index contributed by atoms with van der Waals surface area (Å²) in [6.07, 6.45) is 3.54. The second-order valence-corrected chi connectivity index (χ2v) is 7.33. The zero-order chi connectivity index (χ0) is 20.5. The topological polar surface area (TPSA) is 47.8 Å². The molecule has 0 radical (unpaired) electrons. The Bertz CT molecular complexity index is 1410. The van der Waals surface area contributed by atoms with Crippen LogP contribution in [0.25, 0.3) is 39.1 Å². The summed E-state index contributed by atoms with van der Waals surface area (Å²) < 4.78 is 1.62. The molecule has 0 unspecified atom stereocenters. The van der Waals surface area contributed by atoms with Gasteiger partial charge in [-0.05, 0) is 48.0 Å². The monoisotopic (exact) mass is 409 g/mol. The summed E-state index contributed by atoms with van der Waals surface area (Å²) in [4.78, 5) is 22.7. The molecule has 0 fully saturated rings. The lowest BCUT2D eigenvalue weighted by Crippen LogP contribution is -2.22. The molecule has 144 valence electrons. The molecule has 30 heavy (non-hydrogen) atoms. The number of fused-ring (bicyclic) bond motifs is 1. The molecule has 0 aliphatic rings. The van der Waals surface area contributed by atoms with Crippen LogP contribution in [-0.2, 0) is 0 Å². The van der Waals surface area contributed by atoms with Crippen molar-refractivity contribution in [2.75, 3.05) is 0 Å². The Morgan fingerprint density at radius 1 is 0.733 bits per heavy atom. The highest BCUT2D eigenvalue weighted by molar-refractivity contribution is 6.30. The quantitative estimate of drug-likeness (QED) is 0.380. The first-order chi connectivity index (χ1) is 14.7. The molecule has 0 bridgehead atoms. The van der Waals surface area contributed by atoms with Crippen molar-refractivity contribution >= 4 is 22.5 Å². The van der Waals surface area contributed by atoms with E-state index in [9.17, 15) is 4.79 Å². The first kappa shape index (κ1) is 18.3. The Balaban J connectivity index is 1.80. The zero-order valence-corrected chi connectivity index (χ0v) is 16.6. The van der Waals surface area contributed by atoms with Crippen LogP contribution in [0.3, 0.4) is 0 Å². The maximum absolute atomic E-state index is 13.4. The third-order valence-corrected chi connectivity index (χ3v) is 5.22. The number of halogens is 1. The molecular weight excluding hydrogens is 394 g/mol. The van der Waals surface area contributed by atoms with Crippen molar-refractivity contribution in [2.24, 2.45) is 0 Å². The number of nitrogens with zero attached hydrogens (tertiary/aromatic N) is 3. The van der Waals surface area contributed by atoms with Crippen molar-refractivity contribution in [1.29, 1.82) is 0 Å². The Morgan fingerprint density at radius 2 is 1.43 bits per heavy atom. The van der Waals surface area contributed by atoms with Crippen molar-refractivity contribution in [3.05, 3.63) is 113 Å². The van der Waals surface area contributed by atoms with Crippen LogP contribution < -0.4 is 5.56 Å². The van der Waals surface area contributed by atoms with E-state index >= 15 is 0 Å². The van der Waals surface area contributed by atoms with Crippen molar-refractivity contribution < 1.29 is 0 Å². The molecule has 0 saturated carbocycles. The molecule has 5 heteroatoms. The van der Waals surface area contributed by atoms with Gasteiger partial charge >= 0.3 is 0 Å². The third-order valence-electron chi connectivity index (χ3n) is 4.96. The van der Waals surface area contributed by atoms with E-state index in [0.717, 1.165) is 16.7 Å². The van der Waals surface area contributed by atoms with Crippen LogP contribution >= 0.6 is 11.6 Å². The van der Waals surface area contributed by atoms with Crippen molar-refractivity contribution in [3.63, 3.8) is 0 Å². The molecule has 0 atom stereocenters. The van der Waals surface area contributed by atoms with Gasteiger partial charge in [-0.25, -0.2) is 4.98 Å². The van der Waals surface area contributed by atoms with Gasteiger partial charge in [0.1, 0.15) is 5.82 Å². The molecule has 2 heterocycles. The molecule has 0 spiro atoms. The molecule has 0 N–H and O–H groups in total. The van der Waals surface area contributed by atoms with E-state index in [1.807, 2.05) is 72.9 Å². The van der Waals surface area contributed by atoms with Gasteiger partial charge in [0.2, 0.25) is 0 Å². The molecule has 3 aromatic carbocycles. The van der Waals surface area contributed by atoms with Crippen molar-refractivity contribution in [2.45, 2.75) is 0 Å². The summed E-state index contributed by atoms with van der Waals surface area (Å²) in [6.45, 7) is 0. The van der Waals surface area contributed by atoms with Gasteiger partial charge in [0.25, 0.3) is 5.56 Å². The van der Waals surface area contributed by atoms with Gasteiger partial charge in [-0.2, -0.15) is 0 Å². The molecule has 0 aliphatic heterocycles. The van der Waals surface area contributed by atoms with Crippen LogP contribution in [0, 0.1) is 0 Å². The second-order valence-electron chi connectivity index (χ2n) is 6.90. The normalized spacial score (nSPS) is 11.0. The van der Waals surface area contributed by atoms with Gasteiger partial charge in [-0.15, -0.1) is 0 Å². The lowest BCUT2D eigenvalue weighted by atomic mass is 10.1. The van der Waals surface area contributed by atoms with E-state index in [1.54, 1.807) is 29.0 Å². The molecule has 5 rings (SSSR count). The molecular formula is C25H16ClN3O. The van der Waals surface area contributed by atoms with Crippen LogP contribution in [0.4, 0.5) is 0 Å². The second kappa shape index (κ2) is 7.58. The summed E-state index contributed by atoms with van der Waals surface area (Å²) in [7, 11) is 0. The largest absolute Gasteiger partial charge is 0.268 e. The average Bonchev–Trinajstić information content (AvgIpc) is 2.80. The standard InChI is InChI=1S/C25H16ClN3O/c26-20-10-12-21(13-11-20)29-24(28-23-9-5-4-8-22(23)25(29)30)19-14-18(15-27-16-19)17-6-2-1-3-7-17/h1-16H. The van der Waals surface area contributed by atoms with Crippen LogP contribution in [0.2, 0.25) is 5.02 Å². The number of pyridine rings is 1. The lowest BCUT2D eigenvalue weighted by Gasteiger charge is -2.14. The van der Waals surface area contributed by atoms with Crippen molar-refractivity contribution in [3.8, 4) is 28.2 Å². The first-order valence-electron chi connectivity index (χ1n) is 9.49. The number of aromatic nitrogens is 3. The van der Waals surface area contributed by atoms with Gasteiger partial charge in [0.05, 0.1) is 16.6 Å². The predicted molar refractivity (Wildman–Crippen MR) is 121 cm³/mol. The third kappa shape index (κ3) is 3.27. The van der Waals surface area contributed by atoms with Crippen LogP contribution in [-0.4, -0.2) is 14.5 Å². The SMILES string of the molecule is O=c1c2ccccc2nc(-c2cncc(-c3ccccc3)c2)n1-c1ccc(Cl)cc1. The molecule has 5 aromatic rings. The number of hydrogen-bond acceptors (Lipinski definition) is 3. The van der Waals surface area contributed by atoms with Crippen LogP contribution in [0.5, 0.6) is 0 Å². The number of para-hydroxylation sites is 1. The first-order valence-corrected chi connectivity index (χ1v) is 9.87. The Morgan fingerprint density at radius 3 is 2.23 bits per heavy atom. The van der Waals surface area contributed by atoms with Gasteiger partial charge < -0.3 is 0 Å². The number of benzene rings is 3. The highest BCUT2D eigenvalue weighted by Gasteiger charge is 2.15. The zero-order valence-electron chi connectivity index (χ0n) is 15.9. The molecule has 2 aromatic heterocycles. The summed E-state index contributed by atoms with van der Waals surface area (Å²) in [5.41, 5.74) is 3.97. The molecule has 4 nitrogen and oxygen atoms in total. The fourth-order valence-electron chi connectivity index (χ4n) is 3.51. The van der Waals surface area contributed by atoms with Crippen LogP contribution in [0.15, 0.2) is 102 Å². The van der Waals surface area contributed by atoms with Gasteiger partial charge in [-0.3, -0.25) is 14.3 Å². The fourth-order valence-corrected chi connectivity index (χ4v) is 3.63. The molecule has 0 aliphatic carbocycles. The highest BCUT2D eigenvalue weighted by Crippen LogP contribution is 2.26. The van der Waals surface area contributed by atoms with E-state index in [0.29, 0.717) is 27.4 Å².